The van der Waals surface area contributed by atoms with Gasteiger partial charge in [0.05, 0.1) is 11.0 Å². The minimum atomic E-state index is -0.387. The summed E-state index contributed by atoms with van der Waals surface area (Å²) in [6, 6.07) is 4.86. The van der Waals surface area contributed by atoms with Gasteiger partial charge in [-0.15, -0.1) is 0 Å². The van der Waals surface area contributed by atoms with Crippen LogP contribution in [0.5, 0.6) is 0 Å². The van der Waals surface area contributed by atoms with Gasteiger partial charge in [-0.3, -0.25) is 10.1 Å². The second-order valence-corrected chi connectivity index (χ2v) is 6.71. The fraction of sp³-hybridized carbons (Fsp3) is 0.600. The number of anilines is 1. The van der Waals surface area contributed by atoms with E-state index in [1.807, 2.05) is 13.8 Å². The molecule has 0 aliphatic heterocycles. The molecule has 2 atom stereocenters. The maximum absolute atomic E-state index is 11.0. The van der Waals surface area contributed by atoms with Crippen LogP contribution >= 0.6 is 15.9 Å². The summed E-state index contributed by atoms with van der Waals surface area (Å²) in [6.07, 6.45) is 1.35. The molecule has 0 heterocycles. The molecule has 0 amide bonds. The predicted molar refractivity (Wildman–Crippen MR) is 88.5 cm³/mol. The van der Waals surface area contributed by atoms with Crippen molar-refractivity contribution in [2.24, 2.45) is 11.8 Å². The molecule has 0 aliphatic carbocycles. The van der Waals surface area contributed by atoms with Crippen LogP contribution in [0.25, 0.3) is 0 Å². The third-order valence-electron chi connectivity index (χ3n) is 3.52. The lowest BCUT2D eigenvalue weighted by molar-refractivity contribution is -0.384. The standard InChI is InChI=1S/C15H23BrN2O3/c1-10(2)15(19)7-4-11(3)9-17-13-8-12(16)5-6-14(13)18(20)21/h5-6,8,10-11,15,17,19H,4,7,9H2,1-3H3. The van der Waals surface area contributed by atoms with Crippen LogP contribution in [0.2, 0.25) is 0 Å². The molecule has 0 saturated carbocycles. The van der Waals surface area contributed by atoms with Crippen LogP contribution < -0.4 is 5.32 Å². The molecule has 0 bridgehead atoms. The summed E-state index contributed by atoms with van der Waals surface area (Å²) >= 11 is 3.32. The molecule has 0 fully saturated rings. The Morgan fingerprint density at radius 1 is 1.33 bits per heavy atom. The van der Waals surface area contributed by atoms with Gasteiger partial charge in [-0.1, -0.05) is 36.7 Å². The molecule has 1 rings (SSSR count). The highest BCUT2D eigenvalue weighted by Gasteiger charge is 2.15. The first-order valence-corrected chi connectivity index (χ1v) is 7.96. The first-order chi connectivity index (χ1) is 9.81. The quantitative estimate of drug-likeness (QED) is 0.539. The molecule has 0 radical (unpaired) electrons. The molecule has 0 aromatic heterocycles. The van der Waals surface area contributed by atoms with Gasteiger partial charge in [0.25, 0.3) is 5.69 Å². The third-order valence-corrected chi connectivity index (χ3v) is 4.01. The van der Waals surface area contributed by atoms with Crippen molar-refractivity contribution in [1.82, 2.24) is 0 Å². The number of hydrogen-bond acceptors (Lipinski definition) is 4. The molecule has 2 unspecified atom stereocenters. The van der Waals surface area contributed by atoms with E-state index in [0.29, 0.717) is 18.2 Å². The smallest absolute Gasteiger partial charge is 0.292 e. The summed E-state index contributed by atoms with van der Waals surface area (Å²) < 4.78 is 0.804. The second kappa shape index (κ2) is 8.34. The lowest BCUT2D eigenvalue weighted by atomic mass is 9.97. The zero-order valence-electron chi connectivity index (χ0n) is 12.7. The molecule has 21 heavy (non-hydrogen) atoms. The number of nitro benzene ring substituents is 1. The van der Waals surface area contributed by atoms with Crippen LogP contribution in [0.15, 0.2) is 22.7 Å². The average molecular weight is 359 g/mol. The number of nitro groups is 1. The summed E-state index contributed by atoms with van der Waals surface area (Å²) in [6.45, 7) is 6.71. The predicted octanol–water partition coefficient (Wildman–Crippen LogP) is 4.20. The Balaban J connectivity index is 2.55. The number of halogens is 1. The van der Waals surface area contributed by atoms with Crippen LogP contribution in [-0.4, -0.2) is 22.7 Å². The average Bonchev–Trinajstić information content (AvgIpc) is 2.41. The monoisotopic (exact) mass is 358 g/mol. The van der Waals surface area contributed by atoms with Crippen LogP contribution in [0.1, 0.15) is 33.6 Å². The van der Waals surface area contributed by atoms with Crippen LogP contribution in [0.4, 0.5) is 11.4 Å². The zero-order valence-corrected chi connectivity index (χ0v) is 14.3. The molecule has 1 aromatic carbocycles. The van der Waals surface area contributed by atoms with Gasteiger partial charge in [0.1, 0.15) is 5.69 Å². The molecule has 0 saturated heterocycles. The lowest BCUT2D eigenvalue weighted by Crippen LogP contribution is -2.18. The number of nitrogens with one attached hydrogen (secondary N) is 1. The highest BCUT2D eigenvalue weighted by atomic mass is 79.9. The Morgan fingerprint density at radius 3 is 2.57 bits per heavy atom. The van der Waals surface area contributed by atoms with Gasteiger partial charge < -0.3 is 10.4 Å². The van der Waals surface area contributed by atoms with Crippen molar-refractivity contribution in [2.75, 3.05) is 11.9 Å². The fourth-order valence-corrected chi connectivity index (χ4v) is 2.35. The van der Waals surface area contributed by atoms with Crippen molar-refractivity contribution in [3.8, 4) is 0 Å². The maximum atomic E-state index is 11.0. The van der Waals surface area contributed by atoms with E-state index in [1.165, 1.54) is 6.07 Å². The molecule has 6 heteroatoms. The van der Waals surface area contributed by atoms with Crippen LogP contribution in [-0.2, 0) is 0 Å². The van der Waals surface area contributed by atoms with E-state index in [0.717, 1.165) is 17.3 Å². The van der Waals surface area contributed by atoms with Gasteiger partial charge in [-0.25, -0.2) is 0 Å². The normalized spacial score (nSPS) is 14.0. The summed E-state index contributed by atoms with van der Waals surface area (Å²) in [4.78, 5) is 10.6. The number of hydrogen-bond donors (Lipinski definition) is 2. The zero-order chi connectivity index (χ0) is 16.0. The van der Waals surface area contributed by atoms with Crippen molar-refractivity contribution >= 4 is 27.3 Å². The summed E-state index contributed by atoms with van der Waals surface area (Å²) in [5, 5.41) is 23.9. The van der Waals surface area contributed by atoms with E-state index in [4.69, 9.17) is 0 Å². The van der Waals surface area contributed by atoms with E-state index in [-0.39, 0.29) is 22.6 Å². The summed E-state index contributed by atoms with van der Waals surface area (Å²) in [5.74, 6) is 0.591. The molecule has 0 aliphatic rings. The lowest BCUT2D eigenvalue weighted by Gasteiger charge is -2.18. The van der Waals surface area contributed by atoms with Crippen molar-refractivity contribution in [2.45, 2.75) is 39.7 Å². The fourth-order valence-electron chi connectivity index (χ4n) is 1.98. The van der Waals surface area contributed by atoms with Gasteiger partial charge in [-0.2, -0.15) is 0 Å². The maximum Gasteiger partial charge on any atom is 0.292 e. The van der Waals surface area contributed by atoms with Crippen molar-refractivity contribution in [1.29, 1.82) is 0 Å². The SMILES string of the molecule is CC(CCC(O)C(C)C)CNc1cc(Br)ccc1[N+](=O)[O-]. The Bertz CT molecular complexity index is 480. The van der Waals surface area contributed by atoms with E-state index >= 15 is 0 Å². The Morgan fingerprint density at radius 2 is 2.00 bits per heavy atom. The van der Waals surface area contributed by atoms with Gasteiger partial charge in [-0.05, 0) is 36.8 Å². The molecule has 0 spiro atoms. The Hall–Kier alpha value is -1.14. The number of nitrogens with zero attached hydrogens (tertiary/aromatic N) is 1. The molecule has 5 nitrogen and oxygen atoms in total. The first kappa shape index (κ1) is 17.9. The Kier molecular flexibility index (Phi) is 7.11. The summed E-state index contributed by atoms with van der Waals surface area (Å²) in [5.41, 5.74) is 0.596. The second-order valence-electron chi connectivity index (χ2n) is 5.79. The van der Waals surface area contributed by atoms with E-state index in [2.05, 4.69) is 28.2 Å². The minimum Gasteiger partial charge on any atom is -0.393 e. The third kappa shape index (κ3) is 6.01. The van der Waals surface area contributed by atoms with Gasteiger partial charge in [0.15, 0.2) is 0 Å². The number of benzene rings is 1. The van der Waals surface area contributed by atoms with Crippen molar-refractivity contribution in [3.63, 3.8) is 0 Å². The molecule has 118 valence electrons. The van der Waals surface area contributed by atoms with Crippen molar-refractivity contribution < 1.29 is 10.0 Å². The number of aliphatic hydroxyl groups excluding tert-OH is 1. The van der Waals surface area contributed by atoms with Gasteiger partial charge in [0, 0.05) is 17.1 Å². The van der Waals surface area contributed by atoms with Crippen molar-refractivity contribution in [3.05, 3.63) is 32.8 Å². The summed E-state index contributed by atoms with van der Waals surface area (Å²) in [7, 11) is 0. The van der Waals surface area contributed by atoms with Crippen LogP contribution in [0, 0.1) is 22.0 Å². The topological polar surface area (TPSA) is 75.4 Å². The molecule has 1 aromatic rings. The van der Waals surface area contributed by atoms with E-state index in [1.54, 1.807) is 12.1 Å². The number of rotatable bonds is 8. The first-order valence-electron chi connectivity index (χ1n) is 7.17. The minimum absolute atomic E-state index is 0.0765. The van der Waals surface area contributed by atoms with E-state index in [9.17, 15) is 15.2 Å². The van der Waals surface area contributed by atoms with Crippen LogP contribution in [0.3, 0.4) is 0 Å². The number of aliphatic hydroxyl groups is 1. The largest absolute Gasteiger partial charge is 0.393 e. The molecule has 2 N–H and O–H groups in total. The highest BCUT2D eigenvalue weighted by Crippen LogP contribution is 2.28. The van der Waals surface area contributed by atoms with Gasteiger partial charge in [0.2, 0.25) is 0 Å². The molecular weight excluding hydrogens is 336 g/mol. The van der Waals surface area contributed by atoms with Gasteiger partial charge >= 0.3 is 0 Å². The highest BCUT2D eigenvalue weighted by molar-refractivity contribution is 9.10. The molecular formula is C15H23BrN2O3. The Labute approximate surface area is 134 Å². The van der Waals surface area contributed by atoms with E-state index < -0.39 is 0 Å².